The molecule has 1 N–H and O–H groups in total. The Kier molecular flexibility index (Phi) is 4.75. The van der Waals surface area contributed by atoms with Crippen molar-refractivity contribution in [3.63, 3.8) is 0 Å². The lowest BCUT2D eigenvalue weighted by Gasteiger charge is -2.13. The summed E-state index contributed by atoms with van der Waals surface area (Å²) >= 11 is 1.42. The van der Waals surface area contributed by atoms with Gasteiger partial charge in [0.15, 0.2) is 5.13 Å². The molecule has 2 aromatic heterocycles. The van der Waals surface area contributed by atoms with Crippen LogP contribution < -0.4 is 10.1 Å². The van der Waals surface area contributed by atoms with Crippen molar-refractivity contribution in [2.45, 2.75) is 31.8 Å². The second kappa shape index (κ2) is 7.33. The van der Waals surface area contributed by atoms with Gasteiger partial charge >= 0.3 is 0 Å². The Morgan fingerprint density at radius 2 is 2.00 bits per heavy atom. The third-order valence-corrected chi connectivity index (χ3v) is 5.41. The summed E-state index contributed by atoms with van der Waals surface area (Å²) < 4.78 is 7.94. The Morgan fingerprint density at radius 1 is 1.23 bits per heavy atom. The molecule has 0 saturated heterocycles. The maximum Gasteiger partial charge on any atom is 0.257 e. The molecule has 0 bridgehead atoms. The molecule has 2 heterocycles. The van der Waals surface area contributed by atoms with Crippen LogP contribution in [-0.2, 0) is 7.05 Å². The molecule has 5 nitrogen and oxygen atoms in total. The molecular weight excluding hydrogens is 346 g/mol. The third kappa shape index (κ3) is 3.65. The van der Waals surface area contributed by atoms with Crippen LogP contribution in [0, 0.1) is 0 Å². The van der Waals surface area contributed by atoms with Gasteiger partial charge in [-0.3, -0.25) is 10.1 Å². The Balaban J connectivity index is 1.40. The number of nitrogens with one attached hydrogen (secondary N) is 1. The molecule has 134 valence electrons. The topological polar surface area (TPSA) is 56.2 Å². The summed E-state index contributed by atoms with van der Waals surface area (Å²) in [7, 11) is 1.97. The van der Waals surface area contributed by atoms with Crippen LogP contribution in [0.25, 0.3) is 11.4 Å². The van der Waals surface area contributed by atoms with Gasteiger partial charge in [0.05, 0.1) is 17.5 Å². The summed E-state index contributed by atoms with van der Waals surface area (Å²) in [4.78, 5) is 16.9. The number of carbonyl (C=O) groups excluding carboxylic acids is 1. The monoisotopic (exact) mass is 367 g/mol. The molecule has 1 amide bonds. The maximum atomic E-state index is 12.4. The van der Waals surface area contributed by atoms with Crippen LogP contribution in [0.3, 0.4) is 0 Å². The van der Waals surface area contributed by atoms with Crippen molar-refractivity contribution in [2.75, 3.05) is 5.32 Å². The molecule has 4 rings (SSSR count). The number of carbonyl (C=O) groups is 1. The molecule has 6 heteroatoms. The van der Waals surface area contributed by atoms with Gasteiger partial charge in [0.1, 0.15) is 5.75 Å². The van der Waals surface area contributed by atoms with Crippen molar-refractivity contribution in [1.82, 2.24) is 9.55 Å². The van der Waals surface area contributed by atoms with Gasteiger partial charge in [-0.15, -0.1) is 11.3 Å². The number of aromatic nitrogens is 2. The second-order valence-corrected chi connectivity index (χ2v) is 7.40. The first-order chi connectivity index (χ1) is 12.7. The van der Waals surface area contributed by atoms with E-state index in [1.165, 1.54) is 24.2 Å². The SMILES string of the molecule is Cn1cccc1-c1csc(NC(=O)c2ccc(OC3CCCC3)cc2)n1. The lowest BCUT2D eigenvalue weighted by molar-refractivity contribution is 0.102. The number of amides is 1. The van der Waals surface area contributed by atoms with Gasteiger partial charge < -0.3 is 9.30 Å². The maximum absolute atomic E-state index is 12.4. The highest BCUT2D eigenvalue weighted by Gasteiger charge is 2.17. The van der Waals surface area contributed by atoms with Crippen LogP contribution in [-0.4, -0.2) is 21.6 Å². The zero-order valence-corrected chi connectivity index (χ0v) is 15.5. The highest BCUT2D eigenvalue weighted by Crippen LogP contribution is 2.26. The molecule has 1 fully saturated rings. The van der Waals surface area contributed by atoms with Crippen molar-refractivity contribution in [3.8, 4) is 17.1 Å². The van der Waals surface area contributed by atoms with Gasteiger partial charge in [0, 0.05) is 24.2 Å². The number of aryl methyl sites for hydroxylation is 1. The number of ether oxygens (including phenoxy) is 1. The first-order valence-electron chi connectivity index (χ1n) is 8.84. The number of hydrogen-bond donors (Lipinski definition) is 1. The highest BCUT2D eigenvalue weighted by molar-refractivity contribution is 7.14. The lowest BCUT2D eigenvalue weighted by atomic mass is 10.2. The predicted octanol–water partition coefficient (Wildman–Crippen LogP) is 4.72. The minimum Gasteiger partial charge on any atom is -0.490 e. The molecule has 3 aromatic rings. The number of rotatable bonds is 5. The molecule has 1 saturated carbocycles. The Morgan fingerprint density at radius 3 is 2.69 bits per heavy atom. The van der Waals surface area contributed by atoms with E-state index in [2.05, 4.69) is 10.3 Å². The van der Waals surface area contributed by atoms with Gasteiger partial charge in [-0.1, -0.05) is 0 Å². The molecular formula is C20H21N3O2S. The van der Waals surface area contributed by atoms with E-state index in [0.717, 1.165) is 30.0 Å². The molecule has 1 aliphatic carbocycles. The Bertz CT molecular complexity index is 892. The first-order valence-corrected chi connectivity index (χ1v) is 9.72. The van der Waals surface area contributed by atoms with Gasteiger partial charge in [-0.05, 0) is 62.1 Å². The fourth-order valence-corrected chi connectivity index (χ4v) is 3.93. The van der Waals surface area contributed by atoms with Crippen LogP contribution in [0.1, 0.15) is 36.0 Å². The molecule has 0 radical (unpaired) electrons. The number of benzene rings is 1. The van der Waals surface area contributed by atoms with E-state index >= 15 is 0 Å². The van der Waals surface area contributed by atoms with Crippen LogP contribution in [0.4, 0.5) is 5.13 Å². The van der Waals surface area contributed by atoms with Gasteiger partial charge in [-0.25, -0.2) is 4.98 Å². The van der Waals surface area contributed by atoms with Crippen molar-refractivity contribution in [3.05, 3.63) is 53.5 Å². The summed E-state index contributed by atoms with van der Waals surface area (Å²) in [6, 6.07) is 11.3. The van der Waals surface area contributed by atoms with E-state index in [0.29, 0.717) is 16.8 Å². The lowest BCUT2D eigenvalue weighted by Crippen LogP contribution is -2.13. The summed E-state index contributed by atoms with van der Waals surface area (Å²) in [6.07, 6.45) is 7.02. The average Bonchev–Trinajstić information content (AvgIpc) is 3.38. The van der Waals surface area contributed by atoms with E-state index in [1.807, 2.05) is 47.5 Å². The van der Waals surface area contributed by atoms with Gasteiger partial charge in [0.2, 0.25) is 0 Å². The van der Waals surface area contributed by atoms with Gasteiger partial charge in [-0.2, -0.15) is 0 Å². The zero-order chi connectivity index (χ0) is 17.9. The Labute approximate surface area is 156 Å². The van der Waals surface area contributed by atoms with E-state index in [1.54, 1.807) is 12.1 Å². The van der Waals surface area contributed by atoms with Crippen molar-refractivity contribution < 1.29 is 9.53 Å². The van der Waals surface area contributed by atoms with E-state index in [-0.39, 0.29) is 5.91 Å². The minimum absolute atomic E-state index is 0.162. The van der Waals surface area contributed by atoms with Gasteiger partial charge in [0.25, 0.3) is 5.91 Å². The largest absolute Gasteiger partial charge is 0.490 e. The number of anilines is 1. The Hall–Kier alpha value is -2.60. The molecule has 1 aliphatic rings. The third-order valence-electron chi connectivity index (χ3n) is 4.65. The molecule has 0 aliphatic heterocycles. The zero-order valence-electron chi connectivity index (χ0n) is 14.6. The quantitative estimate of drug-likeness (QED) is 0.710. The van der Waals surface area contributed by atoms with Crippen molar-refractivity contribution >= 4 is 22.4 Å². The smallest absolute Gasteiger partial charge is 0.257 e. The van der Waals surface area contributed by atoms with E-state index in [4.69, 9.17) is 4.74 Å². The fraction of sp³-hybridized carbons (Fsp3) is 0.300. The molecule has 0 atom stereocenters. The molecule has 0 spiro atoms. The highest BCUT2D eigenvalue weighted by atomic mass is 32.1. The second-order valence-electron chi connectivity index (χ2n) is 6.55. The fourth-order valence-electron chi connectivity index (χ4n) is 3.23. The molecule has 26 heavy (non-hydrogen) atoms. The van der Waals surface area contributed by atoms with E-state index in [9.17, 15) is 4.79 Å². The predicted molar refractivity (Wildman–Crippen MR) is 104 cm³/mol. The van der Waals surface area contributed by atoms with Crippen LogP contribution >= 0.6 is 11.3 Å². The standard InChI is InChI=1S/C20H21N3O2S/c1-23-12-4-7-18(23)17-13-26-20(21-17)22-19(24)14-8-10-16(11-9-14)25-15-5-2-3-6-15/h4,7-13,15H,2-3,5-6H2,1H3,(H,21,22,24). The average molecular weight is 367 g/mol. The summed E-state index contributed by atoms with van der Waals surface area (Å²) in [5, 5.41) is 5.41. The van der Waals surface area contributed by atoms with Crippen molar-refractivity contribution in [1.29, 1.82) is 0 Å². The van der Waals surface area contributed by atoms with Crippen LogP contribution in [0.5, 0.6) is 5.75 Å². The summed E-state index contributed by atoms with van der Waals surface area (Å²) in [5.74, 6) is 0.666. The normalized spacial score (nSPS) is 14.5. The van der Waals surface area contributed by atoms with Crippen LogP contribution in [0.15, 0.2) is 48.0 Å². The summed E-state index contributed by atoms with van der Waals surface area (Å²) in [5.41, 5.74) is 2.48. The molecule has 1 aromatic carbocycles. The van der Waals surface area contributed by atoms with Crippen molar-refractivity contribution in [2.24, 2.45) is 7.05 Å². The van der Waals surface area contributed by atoms with E-state index < -0.39 is 0 Å². The number of hydrogen-bond acceptors (Lipinski definition) is 4. The number of nitrogens with zero attached hydrogens (tertiary/aromatic N) is 2. The number of thiazole rings is 1. The minimum atomic E-state index is -0.162. The molecule has 0 unspecified atom stereocenters. The first kappa shape index (κ1) is 16.8. The summed E-state index contributed by atoms with van der Waals surface area (Å²) in [6.45, 7) is 0. The van der Waals surface area contributed by atoms with Crippen LogP contribution in [0.2, 0.25) is 0 Å².